The van der Waals surface area contributed by atoms with Crippen LogP contribution in [-0.2, 0) is 53.3 Å². The first kappa shape index (κ1) is 44.8. The Kier molecular flexibility index (Phi) is 12.8. The van der Waals surface area contributed by atoms with E-state index in [9.17, 15) is 33.7 Å². The van der Waals surface area contributed by atoms with Gasteiger partial charge in [0.2, 0.25) is 36.2 Å². The minimum Gasteiger partial charge on any atom is -0.286 e. The Morgan fingerprint density at radius 1 is 0.298 bits per heavy atom. The molecule has 4 aliphatic carbocycles. The average molecular weight is 1010 g/mol. The van der Waals surface area contributed by atoms with E-state index in [0.717, 1.165) is 64.2 Å². The molecule has 8 N–H and O–H groups in total. The molecule has 9 rings (SSSR count). The van der Waals surface area contributed by atoms with Gasteiger partial charge in [-0.15, -0.1) is 0 Å². The summed E-state index contributed by atoms with van der Waals surface area (Å²) >= 11 is 0. The van der Waals surface area contributed by atoms with Crippen LogP contribution in [0.1, 0.15) is 77.0 Å². The zero-order chi connectivity index (χ0) is 39.7. The van der Waals surface area contributed by atoms with Crippen LogP contribution in [0.4, 0.5) is 0 Å². The first-order valence-corrected chi connectivity index (χ1v) is 29.6. The van der Waals surface area contributed by atoms with Gasteiger partial charge in [0.05, 0.1) is 49.3 Å². The second-order valence-corrected chi connectivity index (χ2v) is 29.1. The first-order chi connectivity index (χ1) is 26.3. The molecular weight excluding hydrogens is 958 g/mol. The minimum absolute atomic E-state index is 0. The zero-order valence-corrected chi connectivity index (χ0v) is 38.0. The van der Waals surface area contributed by atoms with Crippen molar-refractivity contribution in [3.8, 4) is 0 Å². The van der Waals surface area contributed by atoms with Crippen LogP contribution >= 0.6 is 42.7 Å². The van der Waals surface area contributed by atoms with E-state index in [-0.39, 0.29) is 65.4 Å². The van der Waals surface area contributed by atoms with Crippen LogP contribution in [0.25, 0.3) is 0 Å². The summed E-state index contributed by atoms with van der Waals surface area (Å²) in [6.45, 7) is 0. The molecule has 0 amide bonds. The van der Waals surface area contributed by atoms with Crippen LogP contribution in [0.3, 0.4) is 0 Å². The number of hydrogen-bond donors (Lipinski definition) is 8. The Balaban J connectivity index is 0.00000455. The number of hydrogen-bond acceptors (Lipinski definition) is 16. The number of fused-ring (bicyclic) bond motifs is 20. The van der Waals surface area contributed by atoms with Crippen molar-refractivity contribution < 1.29 is 50.7 Å². The van der Waals surface area contributed by atoms with Crippen LogP contribution < -0.4 is 42.5 Å². The molecule has 5 saturated heterocycles. The molecule has 25 heteroatoms. The topological polar surface area (TPSA) is 233 Å². The van der Waals surface area contributed by atoms with Gasteiger partial charge in [-0.3, -0.25) is 42.5 Å². The molecule has 5 aliphatic heterocycles. The second kappa shape index (κ2) is 16.3. The maximum atomic E-state index is 13.8. The van der Waals surface area contributed by atoms with E-state index in [1.807, 2.05) is 0 Å². The van der Waals surface area contributed by atoms with Crippen LogP contribution in [0.2, 0.25) is 0 Å². The van der Waals surface area contributed by atoms with Gasteiger partial charge in [-0.2, -0.15) is 0 Å². The molecule has 20 atom stereocenters. The molecule has 16 nitrogen and oxygen atoms in total. The monoisotopic (exact) mass is 1010 g/mol. The van der Waals surface area contributed by atoms with Crippen LogP contribution in [0.5, 0.6) is 0 Å². The summed E-state index contributed by atoms with van der Waals surface area (Å²) in [5, 5.41) is 20.5. The van der Waals surface area contributed by atoms with Crippen molar-refractivity contribution in [2.45, 2.75) is 147 Å². The minimum atomic E-state index is -5.19. The molecule has 331 valence electrons. The number of rotatable bonds is 4. The molecule has 9 fully saturated rings. The molecule has 4 saturated carbocycles. The van der Waals surface area contributed by atoms with Crippen molar-refractivity contribution in [1.29, 1.82) is 0 Å². The fourth-order valence-corrected chi connectivity index (χ4v) is 24.3. The molecule has 0 aromatic heterocycles. The Labute approximate surface area is 364 Å². The maximum Gasteiger partial charge on any atom is 0.238 e. The third-order valence-corrected chi connectivity index (χ3v) is 23.3. The van der Waals surface area contributed by atoms with Gasteiger partial charge >= 0.3 is 0 Å². The molecule has 0 aromatic carbocycles. The molecule has 20 unspecified atom stereocenters. The van der Waals surface area contributed by atoms with E-state index in [1.54, 1.807) is 0 Å². The SMILES string of the molecule is O=S(=O)(Cl)C1C2C3NC4NC(NC5NC(NC6NC(NC(N3)C2C(S(=O)(=O)Cl)C(S(=O)(=O)Cl)C1S(=O)(=O)Cl)C1CCCCC61)C1CCCCC51)C1CCCCC41.[Cu]. The summed E-state index contributed by atoms with van der Waals surface area (Å²) in [7, 11) is 3.81. The van der Waals surface area contributed by atoms with Gasteiger partial charge in [0.1, 0.15) is 21.0 Å². The molecule has 8 bridgehead atoms. The Morgan fingerprint density at radius 2 is 0.474 bits per heavy atom. The van der Waals surface area contributed by atoms with Crippen molar-refractivity contribution in [2.24, 2.45) is 47.3 Å². The third kappa shape index (κ3) is 8.14. The fraction of sp³-hybridized carbons (Fsp3) is 1.00. The van der Waals surface area contributed by atoms with Crippen LogP contribution in [0.15, 0.2) is 0 Å². The molecule has 9 aliphatic rings. The predicted molar refractivity (Wildman–Crippen MR) is 213 cm³/mol. The van der Waals surface area contributed by atoms with Crippen molar-refractivity contribution in [3.05, 3.63) is 0 Å². The maximum absolute atomic E-state index is 13.8. The van der Waals surface area contributed by atoms with Gasteiger partial charge in [-0.25, -0.2) is 33.7 Å². The molecule has 0 spiro atoms. The average Bonchev–Trinajstić information content (AvgIpc) is 3.84. The van der Waals surface area contributed by atoms with Gasteiger partial charge in [0, 0.05) is 71.6 Å². The summed E-state index contributed by atoms with van der Waals surface area (Å²) < 4.78 is 109. The molecule has 57 heavy (non-hydrogen) atoms. The number of halogens is 4. The van der Waals surface area contributed by atoms with Crippen molar-refractivity contribution >= 4 is 78.9 Å². The summed E-state index contributed by atoms with van der Waals surface area (Å²) in [6.07, 6.45) is 9.04. The van der Waals surface area contributed by atoms with Gasteiger partial charge < -0.3 is 0 Å². The molecule has 0 aromatic rings. The van der Waals surface area contributed by atoms with E-state index in [0.29, 0.717) is 11.8 Å². The van der Waals surface area contributed by atoms with Crippen molar-refractivity contribution in [3.63, 3.8) is 0 Å². The van der Waals surface area contributed by atoms with Gasteiger partial charge in [-0.1, -0.05) is 38.5 Å². The van der Waals surface area contributed by atoms with Crippen molar-refractivity contribution in [2.75, 3.05) is 0 Å². The number of nitrogens with one attached hydrogen (secondary N) is 8. The normalized spacial score (nSPS) is 50.2. The standard InChI is InChI=1S/C32H52Cl4N8O8S4.Cu/c33-53(45,46)21-19-20(22(54(34,47)48)24(56(36,51)52)23(21)55(35,49)50)32-43-30-18-12-6-4-10-16(18)28(41-30)39-26-14-8-2-1-7-13(14)25(37-26)38-27-15-9-3-5-11-17(15)29(40-27)42-31(19)44-32;/h13-32,37-44H,1-12H2;. The van der Waals surface area contributed by atoms with E-state index in [1.165, 1.54) is 12.8 Å². The molecular formula is C32H52Cl4CuN8O8S4. The van der Waals surface area contributed by atoms with Crippen LogP contribution in [0, 0.1) is 47.3 Å². The third-order valence-electron chi connectivity index (χ3n) is 15.3. The smallest absolute Gasteiger partial charge is 0.238 e. The van der Waals surface area contributed by atoms with Crippen LogP contribution in [-0.4, -0.2) is 104 Å². The Morgan fingerprint density at radius 3 is 0.667 bits per heavy atom. The quantitative estimate of drug-likeness (QED) is 0.144. The van der Waals surface area contributed by atoms with E-state index >= 15 is 0 Å². The van der Waals surface area contributed by atoms with Crippen molar-refractivity contribution in [1.82, 2.24) is 42.5 Å². The predicted octanol–water partition coefficient (Wildman–Crippen LogP) is 0.792. The summed E-state index contributed by atoms with van der Waals surface area (Å²) in [6, 6.07) is 0. The van der Waals surface area contributed by atoms with E-state index < -0.39 is 93.7 Å². The van der Waals surface area contributed by atoms with Gasteiger partial charge in [-0.05, 0) is 74.0 Å². The molecule has 5 heterocycles. The van der Waals surface area contributed by atoms with Gasteiger partial charge in [0.15, 0.2) is 0 Å². The second-order valence-electron chi connectivity index (χ2n) is 17.9. The van der Waals surface area contributed by atoms with Gasteiger partial charge in [0.25, 0.3) is 0 Å². The molecule has 1 radical (unpaired) electrons. The fourth-order valence-electron chi connectivity index (χ4n) is 13.3. The van der Waals surface area contributed by atoms with E-state index in [4.69, 9.17) is 42.7 Å². The zero-order valence-electron chi connectivity index (χ0n) is 30.7. The van der Waals surface area contributed by atoms with E-state index in [2.05, 4.69) is 42.5 Å². The summed E-state index contributed by atoms with van der Waals surface area (Å²) in [4.78, 5) is 0. The first-order valence-electron chi connectivity index (χ1n) is 20.1. The Hall–Kier alpha value is 1.16. The Bertz CT molecular complexity index is 1860. The summed E-state index contributed by atoms with van der Waals surface area (Å²) in [5.74, 6) is -1.49. The summed E-state index contributed by atoms with van der Waals surface area (Å²) in [5.41, 5.74) is 0. The largest absolute Gasteiger partial charge is 0.286 e.